The number of carbonyl (C=O) groups excluding carboxylic acids is 2. The normalized spacial score (nSPS) is 10.8. The molecule has 1 aromatic heterocycles. The van der Waals surface area contributed by atoms with Crippen LogP contribution in [0.2, 0.25) is 0 Å². The van der Waals surface area contributed by atoms with E-state index >= 15 is 0 Å². The molecule has 0 bridgehead atoms. The number of aryl methyl sites for hydroxylation is 2. The summed E-state index contributed by atoms with van der Waals surface area (Å²) in [6, 6.07) is 13.5. The number of Topliss-reactive ketones (excluding diaryl/α,β-unsaturated/α-hetero) is 1. The zero-order valence-corrected chi connectivity index (χ0v) is 16.3. The minimum absolute atomic E-state index is 0.0170. The number of nitrogens with zero attached hydrogens (tertiary/aromatic N) is 1. The summed E-state index contributed by atoms with van der Waals surface area (Å²) in [5.74, 6) is -0.999. The molecule has 5 heteroatoms. The standard InChI is InChI=1S/C23H23NO4/c1-4-28-21(27)11-10-19(25)23-20(26)13-17-12-16(8-9-18(17)24-23)22-14(2)6-5-7-15(22)3/h5-9,12-13,26H,4,10-11H2,1-3H3. The van der Waals surface area contributed by atoms with Crippen molar-refractivity contribution in [2.24, 2.45) is 0 Å². The molecule has 0 fully saturated rings. The monoisotopic (exact) mass is 377 g/mol. The summed E-state index contributed by atoms with van der Waals surface area (Å²) in [5.41, 5.74) is 5.12. The van der Waals surface area contributed by atoms with E-state index in [4.69, 9.17) is 4.74 Å². The van der Waals surface area contributed by atoms with E-state index in [0.717, 1.165) is 16.5 Å². The highest BCUT2D eigenvalue weighted by atomic mass is 16.5. The molecule has 3 aromatic rings. The maximum Gasteiger partial charge on any atom is 0.306 e. The predicted octanol–water partition coefficient (Wildman–Crippen LogP) is 4.75. The Bertz CT molecular complexity index is 1040. The third-order valence-corrected chi connectivity index (χ3v) is 4.69. The molecular formula is C23H23NO4. The summed E-state index contributed by atoms with van der Waals surface area (Å²) >= 11 is 0. The zero-order chi connectivity index (χ0) is 20.3. The molecule has 1 N–H and O–H groups in total. The van der Waals surface area contributed by atoms with Gasteiger partial charge in [-0.15, -0.1) is 0 Å². The molecule has 0 aliphatic heterocycles. The fraction of sp³-hybridized carbons (Fsp3) is 0.261. The first-order chi connectivity index (χ1) is 13.4. The molecule has 0 aliphatic rings. The second-order valence-corrected chi connectivity index (χ2v) is 6.76. The molecule has 0 saturated carbocycles. The number of hydrogen-bond acceptors (Lipinski definition) is 5. The van der Waals surface area contributed by atoms with Crippen LogP contribution in [0.4, 0.5) is 0 Å². The molecule has 144 valence electrons. The SMILES string of the molecule is CCOC(=O)CCC(=O)c1nc2ccc(-c3c(C)cccc3C)cc2cc1O. The number of ether oxygens (including phenoxy) is 1. The molecular weight excluding hydrogens is 354 g/mol. The van der Waals surface area contributed by atoms with E-state index in [1.807, 2.05) is 24.3 Å². The number of aromatic nitrogens is 1. The molecule has 0 atom stereocenters. The van der Waals surface area contributed by atoms with Gasteiger partial charge in [-0.3, -0.25) is 9.59 Å². The Morgan fingerprint density at radius 1 is 1.04 bits per heavy atom. The fourth-order valence-electron chi connectivity index (χ4n) is 3.36. The molecule has 0 aliphatic carbocycles. The van der Waals surface area contributed by atoms with Crippen molar-refractivity contribution >= 4 is 22.7 Å². The number of ketones is 1. The van der Waals surface area contributed by atoms with Crippen molar-refractivity contribution in [3.8, 4) is 16.9 Å². The molecule has 0 radical (unpaired) electrons. The van der Waals surface area contributed by atoms with E-state index in [1.54, 1.807) is 13.0 Å². The summed E-state index contributed by atoms with van der Waals surface area (Å²) in [5, 5.41) is 11.1. The van der Waals surface area contributed by atoms with Crippen LogP contribution in [0.3, 0.4) is 0 Å². The molecule has 28 heavy (non-hydrogen) atoms. The van der Waals surface area contributed by atoms with E-state index in [0.29, 0.717) is 5.52 Å². The highest BCUT2D eigenvalue weighted by Crippen LogP contribution is 2.31. The summed E-state index contributed by atoms with van der Waals surface area (Å²) in [7, 11) is 0. The van der Waals surface area contributed by atoms with Gasteiger partial charge in [0.2, 0.25) is 0 Å². The lowest BCUT2D eigenvalue weighted by Crippen LogP contribution is -2.09. The Labute approximate surface area is 164 Å². The van der Waals surface area contributed by atoms with Crippen LogP contribution in [0.15, 0.2) is 42.5 Å². The van der Waals surface area contributed by atoms with Gasteiger partial charge in [0.05, 0.1) is 18.5 Å². The predicted molar refractivity (Wildman–Crippen MR) is 109 cm³/mol. The minimum atomic E-state index is -0.436. The Morgan fingerprint density at radius 3 is 2.43 bits per heavy atom. The largest absolute Gasteiger partial charge is 0.506 e. The van der Waals surface area contributed by atoms with Crippen molar-refractivity contribution in [2.45, 2.75) is 33.6 Å². The van der Waals surface area contributed by atoms with Crippen LogP contribution in [0, 0.1) is 13.8 Å². The number of benzene rings is 2. The molecule has 2 aromatic carbocycles. The molecule has 5 nitrogen and oxygen atoms in total. The molecule has 1 heterocycles. The topological polar surface area (TPSA) is 76.5 Å². The van der Waals surface area contributed by atoms with Gasteiger partial charge >= 0.3 is 5.97 Å². The fourth-order valence-corrected chi connectivity index (χ4v) is 3.36. The highest BCUT2D eigenvalue weighted by Gasteiger charge is 2.17. The van der Waals surface area contributed by atoms with E-state index in [1.165, 1.54) is 11.1 Å². The van der Waals surface area contributed by atoms with Crippen LogP contribution in [-0.4, -0.2) is 28.4 Å². The smallest absolute Gasteiger partial charge is 0.306 e. The molecule has 3 rings (SSSR count). The molecule has 0 spiro atoms. The molecule has 0 saturated heterocycles. The summed E-state index contributed by atoms with van der Waals surface area (Å²) in [4.78, 5) is 28.1. The molecule has 0 unspecified atom stereocenters. The number of esters is 1. The third kappa shape index (κ3) is 4.03. The van der Waals surface area contributed by atoms with Crippen molar-refractivity contribution in [3.63, 3.8) is 0 Å². The van der Waals surface area contributed by atoms with Gasteiger partial charge in [-0.2, -0.15) is 0 Å². The van der Waals surface area contributed by atoms with Gasteiger partial charge in [0.1, 0.15) is 11.4 Å². The second kappa shape index (κ2) is 8.21. The van der Waals surface area contributed by atoms with Crippen molar-refractivity contribution < 1.29 is 19.4 Å². The lowest BCUT2D eigenvalue weighted by molar-refractivity contribution is -0.143. The summed E-state index contributed by atoms with van der Waals surface area (Å²) in [6.45, 7) is 6.11. The van der Waals surface area contributed by atoms with E-state index in [9.17, 15) is 14.7 Å². The maximum atomic E-state index is 12.4. The maximum absolute atomic E-state index is 12.4. The Hall–Kier alpha value is -3.21. The number of rotatable bonds is 6. The third-order valence-electron chi connectivity index (χ3n) is 4.69. The number of aromatic hydroxyl groups is 1. The van der Waals surface area contributed by atoms with Gasteiger partial charge in [-0.05, 0) is 61.2 Å². The van der Waals surface area contributed by atoms with Gasteiger partial charge in [0.25, 0.3) is 0 Å². The number of hydrogen-bond donors (Lipinski definition) is 1. The van der Waals surface area contributed by atoms with Crippen LogP contribution in [0.25, 0.3) is 22.0 Å². The van der Waals surface area contributed by atoms with Gasteiger partial charge in [0, 0.05) is 11.8 Å². The average molecular weight is 377 g/mol. The van der Waals surface area contributed by atoms with Crippen LogP contribution >= 0.6 is 0 Å². The first-order valence-electron chi connectivity index (χ1n) is 9.30. The van der Waals surface area contributed by atoms with E-state index in [-0.39, 0.29) is 36.7 Å². The van der Waals surface area contributed by atoms with Crippen molar-refractivity contribution in [3.05, 3.63) is 59.3 Å². The van der Waals surface area contributed by atoms with Gasteiger partial charge in [-0.1, -0.05) is 24.3 Å². The van der Waals surface area contributed by atoms with Crippen molar-refractivity contribution in [2.75, 3.05) is 6.61 Å². The highest BCUT2D eigenvalue weighted by molar-refractivity contribution is 6.00. The average Bonchev–Trinajstić information content (AvgIpc) is 2.65. The Balaban J connectivity index is 1.92. The number of carbonyl (C=O) groups is 2. The molecule has 0 amide bonds. The van der Waals surface area contributed by atoms with Crippen molar-refractivity contribution in [1.29, 1.82) is 0 Å². The van der Waals surface area contributed by atoms with Gasteiger partial charge < -0.3 is 9.84 Å². The van der Waals surface area contributed by atoms with Crippen LogP contribution in [-0.2, 0) is 9.53 Å². The van der Waals surface area contributed by atoms with Gasteiger partial charge in [-0.25, -0.2) is 4.98 Å². The van der Waals surface area contributed by atoms with E-state index < -0.39 is 5.97 Å². The number of fused-ring (bicyclic) bond motifs is 1. The first-order valence-corrected chi connectivity index (χ1v) is 9.30. The Kier molecular flexibility index (Phi) is 5.73. The second-order valence-electron chi connectivity index (χ2n) is 6.76. The van der Waals surface area contributed by atoms with Crippen LogP contribution < -0.4 is 0 Å². The van der Waals surface area contributed by atoms with Gasteiger partial charge in [0.15, 0.2) is 5.78 Å². The quantitative estimate of drug-likeness (QED) is 0.495. The minimum Gasteiger partial charge on any atom is -0.506 e. The Morgan fingerprint density at radius 2 is 1.75 bits per heavy atom. The number of pyridine rings is 1. The summed E-state index contributed by atoms with van der Waals surface area (Å²) in [6.07, 6.45) is -0.0806. The van der Waals surface area contributed by atoms with Crippen molar-refractivity contribution in [1.82, 2.24) is 4.98 Å². The zero-order valence-electron chi connectivity index (χ0n) is 16.3. The van der Waals surface area contributed by atoms with E-state index in [2.05, 4.69) is 31.0 Å². The first kappa shape index (κ1) is 19.5. The lowest BCUT2D eigenvalue weighted by atomic mass is 9.94. The summed E-state index contributed by atoms with van der Waals surface area (Å²) < 4.78 is 4.83. The lowest BCUT2D eigenvalue weighted by Gasteiger charge is -2.11. The van der Waals surface area contributed by atoms with Crippen LogP contribution in [0.5, 0.6) is 5.75 Å². The van der Waals surface area contributed by atoms with Crippen LogP contribution in [0.1, 0.15) is 41.4 Å².